The molecule has 0 heterocycles. The molecule has 0 spiro atoms. The molecule has 5 aliphatic rings. The lowest BCUT2D eigenvalue weighted by molar-refractivity contribution is -0.150. The smallest absolute Gasteiger partial charge is 0.00719 e. The van der Waals surface area contributed by atoms with Crippen LogP contribution < -0.4 is 5.32 Å². The van der Waals surface area contributed by atoms with Crippen LogP contribution in [0.3, 0.4) is 0 Å². The van der Waals surface area contributed by atoms with Crippen LogP contribution >= 0.6 is 0 Å². The van der Waals surface area contributed by atoms with Crippen molar-refractivity contribution in [2.45, 2.75) is 90.5 Å². The maximum Gasteiger partial charge on any atom is 0.00719 e. The fraction of sp³-hybridized carbons (Fsp3) is 1.00. The second-order valence-electron chi connectivity index (χ2n) is 10.4. The molecule has 0 amide bonds. The lowest BCUT2D eigenvalue weighted by Crippen LogP contribution is -2.56. The van der Waals surface area contributed by atoms with Gasteiger partial charge in [-0.2, -0.15) is 0 Å². The van der Waals surface area contributed by atoms with E-state index >= 15 is 0 Å². The molecule has 1 heteroatoms. The zero-order valence-electron chi connectivity index (χ0n) is 14.5. The zero-order chi connectivity index (χ0) is 14.7. The molecule has 0 aromatic carbocycles. The summed E-state index contributed by atoms with van der Waals surface area (Å²) in [5.74, 6) is 2.10. The van der Waals surface area contributed by atoms with Crippen LogP contribution in [0.1, 0.15) is 84.5 Å². The van der Waals surface area contributed by atoms with Crippen LogP contribution in [-0.2, 0) is 0 Å². The second-order valence-corrected chi connectivity index (χ2v) is 10.4. The van der Waals surface area contributed by atoms with Crippen LogP contribution in [0.25, 0.3) is 0 Å². The molecule has 4 bridgehead atoms. The van der Waals surface area contributed by atoms with E-state index in [2.05, 4.69) is 26.2 Å². The molecule has 3 atom stereocenters. The Morgan fingerprint density at radius 2 is 1.67 bits per heavy atom. The third-order valence-electron chi connectivity index (χ3n) is 7.67. The zero-order valence-corrected chi connectivity index (χ0v) is 14.5. The summed E-state index contributed by atoms with van der Waals surface area (Å²) in [6.45, 7) is 5.23. The molecule has 120 valence electrons. The van der Waals surface area contributed by atoms with E-state index in [-0.39, 0.29) is 0 Å². The van der Waals surface area contributed by atoms with Crippen LogP contribution in [-0.4, -0.2) is 13.1 Å². The van der Waals surface area contributed by atoms with Crippen molar-refractivity contribution in [3.05, 3.63) is 0 Å². The van der Waals surface area contributed by atoms with Crippen molar-refractivity contribution in [3.8, 4) is 0 Å². The second kappa shape index (κ2) is 4.73. The predicted octanol–water partition coefficient (Wildman–Crippen LogP) is 5.15. The largest absolute Gasteiger partial charge is 0.317 e. The Hall–Kier alpha value is -0.0400. The van der Waals surface area contributed by atoms with E-state index in [4.69, 9.17) is 0 Å². The Bertz CT molecular complexity index is 392. The number of rotatable bonds is 5. The minimum absolute atomic E-state index is 0.683. The molecule has 0 aromatic heterocycles. The highest BCUT2D eigenvalue weighted by Gasteiger charge is 2.60. The highest BCUT2D eigenvalue weighted by atomic mass is 14.9. The fourth-order valence-corrected chi connectivity index (χ4v) is 7.87. The first kappa shape index (κ1) is 14.5. The molecule has 5 fully saturated rings. The van der Waals surface area contributed by atoms with Gasteiger partial charge in [-0.05, 0) is 86.5 Å². The van der Waals surface area contributed by atoms with Gasteiger partial charge in [0.1, 0.15) is 0 Å². The van der Waals surface area contributed by atoms with E-state index in [9.17, 15) is 0 Å². The summed E-state index contributed by atoms with van der Waals surface area (Å²) >= 11 is 0. The SMILES string of the molecule is CNC(CC1CCC1)CC12CC3CC(C)(CC(C)(C3)C1)C2. The van der Waals surface area contributed by atoms with Gasteiger partial charge in [0.25, 0.3) is 0 Å². The maximum atomic E-state index is 3.70. The normalized spacial score (nSPS) is 50.1. The van der Waals surface area contributed by atoms with Crippen molar-refractivity contribution in [2.24, 2.45) is 28.1 Å². The van der Waals surface area contributed by atoms with Crippen molar-refractivity contribution < 1.29 is 0 Å². The average molecular weight is 290 g/mol. The maximum absolute atomic E-state index is 3.70. The first-order valence-corrected chi connectivity index (χ1v) is 9.59. The first-order chi connectivity index (χ1) is 9.92. The number of hydrogen-bond donors (Lipinski definition) is 1. The van der Waals surface area contributed by atoms with Crippen LogP contribution in [0.15, 0.2) is 0 Å². The molecule has 0 aromatic rings. The molecular weight excluding hydrogens is 254 g/mol. The van der Waals surface area contributed by atoms with Crippen LogP contribution in [0.4, 0.5) is 0 Å². The van der Waals surface area contributed by atoms with Crippen LogP contribution in [0, 0.1) is 28.1 Å². The van der Waals surface area contributed by atoms with Gasteiger partial charge >= 0.3 is 0 Å². The summed E-state index contributed by atoms with van der Waals surface area (Å²) in [6, 6.07) is 0.791. The summed E-state index contributed by atoms with van der Waals surface area (Å²) in [6.07, 6.45) is 16.7. The van der Waals surface area contributed by atoms with E-state index in [1.807, 2.05) is 0 Å². The molecule has 5 aliphatic carbocycles. The van der Waals surface area contributed by atoms with Gasteiger partial charge in [0.2, 0.25) is 0 Å². The lowest BCUT2D eigenvalue weighted by atomic mass is 9.39. The molecule has 5 rings (SSSR count). The molecule has 5 saturated carbocycles. The fourth-order valence-electron chi connectivity index (χ4n) is 7.87. The van der Waals surface area contributed by atoms with Gasteiger partial charge in [-0.25, -0.2) is 0 Å². The van der Waals surface area contributed by atoms with Crippen LogP contribution in [0.2, 0.25) is 0 Å². The number of nitrogens with one attached hydrogen (secondary N) is 1. The lowest BCUT2D eigenvalue weighted by Gasteiger charge is -2.66. The minimum Gasteiger partial charge on any atom is -0.317 e. The van der Waals surface area contributed by atoms with Gasteiger partial charge < -0.3 is 5.32 Å². The van der Waals surface area contributed by atoms with E-state index in [0.717, 1.165) is 17.9 Å². The Morgan fingerprint density at radius 3 is 2.14 bits per heavy atom. The van der Waals surface area contributed by atoms with Crippen molar-refractivity contribution in [2.75, 3.05) is 7.05 Å². The first-order valence-electron chi connectivity index (χ1n) is 9.59. The Kier molecular flexibility index (Phi) is 3.27. The van der Waals surface area contributed by atoms with Gasteiger partial charge in [-0.1, -0.05) is 33.1 Å². The molecule has 0 aliphatic heterocycles. The van der Waals surface area contributed by atoms with Gasteiger partial charge in [0.15, 0.2) is 0 Å². The van der Waals surface area contributed by atoms with Crippen molar-refractivity contribution in [3.63, 3.8) is 0 Å². The highest BCUT2D eigenvalue weighted by molar-refractivity contribution is 5.11. The van der Waals surface area contributed by atoms with Crippen molar-refractivity contribution in [1.82, 2.24) is 5.32 Å². The molecule has 0 radical (unpaired) electrons. The Balaban J connectivity index is 1.50. The third kappa shape index (κ3) is 2.58. The molecule has 1 N–H and O–H groups in total. The molecule has 3 unspecified atom stereocenters. The summed E-state index contributed by atoms with van der Waals surface area (Å²) in [4.78, 5) is 0. The summed E-state index contributed by atoms with van der Waals surface area (Å²) < 4.78 is 0. The Morgan fingerprint density at radius 1 is 1.00 bits per heavy atom. The Labute approximate surface area is 131 Å². The average Bonchev–Trinajstić information content (AvgIpc) is 2.27. The van der Waals surface area contributed by atoms with E-state index in [1.54, 1.807) is 6.42 Å². The van der Waals surface area contributed by atoms with Crippen molar-refractivity contribution in [1.29, 1.82) is 0 Å². The quantitative estimate of drug-likeness (QED) is 0.738. The molecular formula is C20H35N. The van der Waals surface area contributed by atoms with Gasteiger partial charge in [0.05, 0.1) is 0 Å². The van der Waals surface area contributed by atoms with Gasteiger partial charge in [-0.3, -0.25) is 0 Å². The predicted molar refractivity (Wildman–Crippen MR) is 89.3 cm³/mol. The summed E-state index contributed by atoms with van der Waals surface area (Å²) in [5, 5.41) is 3.70. The summed E-state index contributed by atoms with van der Waals surface area (Å²) in [5.41, 5.74) is 2.06. The van der Waals surface area contributed by atoms with Crippen molar-refractivity contribution >= 4 is 0 Å². The van der Waals surface area contributed by atoms with E-state index in [0.29, 0.717) is 16.2 Å². The van der Waals surface area contributed by atoms with Gasteiger partial charge in [0, 0.05) is 6.04 Å². The van der Waals surface area contributed by atoms with Gasteiger partial charge in [-0.15, -0.1) is 0 Å². The monoisotopic (exact) mass is 289 g/mol. The standard InChI is InChI=1S/C20H35N/c1-18-8-16-9-19(2,12-18)14-20(10-16,13-18)11-17(21-3)7-15-5-4-6-15/h15-17,21H,4-14H2,1-3H3. The van der Waals surface area contributed by atoms with E-state index in [1.165, 1.54) is 64.2 Å². The molecule has 0 saturated heterocycles. The van der Waals surface area contributed by atoms with E-state index < -0.39 is 0 Å². The number of hydrogen-bond acceptors (Lipinski definition) is 1. The molecule has 21 heavy (non-hydrogen) atoms. The van der Waals surface area contributed by atoms with Crippen LogP contribution in [0.5, 0.6) is 0 Å². The highest BCUT2D eigenvalue weighted by Crippen LogP contribution is 2.70. The minimum atomic E-state index is 0.683. The topological polar surface area (TPSA) is 12.0 Å². The third-order valence-corrected chi connectivity index (χ3v) is 7.67. The summed E-state index contributed by atoms with van der Waals surface area (Å²) in [7, 11) is 2.22. The molecule has 1 nitrogen and oxygen atoms in total.